The molecule has 4 nitrogen and oxygen atoms in total. The molecule has 0 bridgehead atoms. The molecule has 1 aromatic rings. The van der Waals surface area contributed by atoms with Crippen LogP contribution in [0, 0.1) is 13.8 Å². The maximum Gasteiger partial charge on any atom is 0.239 e. The van der Waals surface area contributed by atoms with Gasteiger partial charge in [-0.15, -0.1) is 11.3 Å². The van der Waals surface area contributed by atoms with E-state index in [1.807, 2.05) is 18.7 Å². The van der Waals surface area contributed by atoms with Crippen molar-refractivity contribution in [3.05, 3.63) is 15.6 Å². The number of rotatable bonds is 2. The summed E-state index contributed by atoms with van der Waals surface area (Å²) in [5, 5.41) is 4.26. The summed E-state index contributed by atoms with van der Waals surface area (Å²) in [4.78, 5) is 19.7. The number of hydrogen-bond donors (Lipinski definition) is 1. The smallest absolute Gasteiger partial charge is 0.239 e. The van der Waals surface area contributed by atoms with Crippen molar-refractivity contribution in [3.63, 3.8) is 0 Å². The molecule has 17 heavy (non-hydrogen) atoms. The highest BCUT2D eigenvalue weighted by molar-refractivity contribution is 7.11. The van der Waals surface area contributed by atoms with Gasteiger partial charge in [-0.25, -0.2) is 4.98 Å². The van der Waals surface area contributed by atoms with E-state index in [0.29, 0.717) is 6.54 Å². The van der Waals surface area contributed by atoms with Crippen LogP contribution in [0.5, 0.6) is 0 Å². The predicted octanol–water partition coefficient (Wildman–Crippen LogP) is 1.47. The summed E-state index contributed by atoms with van der Waals surface area (Å²) in [7, 11) is 0. The van der Waals surface area contributed by atoms with Crippen molar-refractivity contribution in [1.82, 2.24) is 15.2 Å². The minimum absolute atomic E-state index is 0.0698. The number of carbonyl (C=O) groups is 1. The Morgan fingerprint density at radius 2 is 2.29 bits per heavy atom. The highest BCUT2D eigenvalue weighted by Gasteiger charge is 2.23. The Morgan fingerprint density at radius 1 is 1.53 bits per heavy atom. The molecule has 1 amide bonds. The Hall–Kier alpha value is -0.940. The third-order valence-electron chi connectivity index (χ3n) is 3.14. The molecule has 1 N–H and O–H groups in total. The molecule has 0 aliphatic carbocycles. The second-order valence-corrected chi connectivity index (χ2v) is 5.83. The first-order chi connectivity index (χ1) is 8.08. The van der Waals surface area contributed by atoms with Crippen LogP contribution in [0.1, 0.15) is 28.9 Å². The van der Waals surface area contributed by atoms with Crippen LogP contribution in [0.25, 0.3) is 0 Å². The van der Waals surface area contributed by atoms with Crippen molar-refractivity contribution in [2.45, 2.75) is 39.8 Å². The van der Waals surface area contributed by atoms with Gasteiger partial charge in [-0.1, -0.05) is 0 Å². The summed E-state index contributed by atoms with van der Waals surface area (Å²) in [5.74, 6) is 0.188. The van der Waals surface area contributed by atoms with Gasteiger partial charge in [-0.2, -0.15) is 0 Å². The molecule has 1 saturated heterocycles. The molecular formula is C12H19N3OS. The summed E-state index contributed by atoms with van der Waals surface area (Å²) >= 11 is 1.69. The first-order valence-corrected chi connectivity index (χ1v) is 6.84. The third-order valence-corrected chi connectivity index (χ3v) is 4.19. The fourth-order valence-electron chi connectivity index (χ4n) is 1.99. The number of thiazole rings is 1. The average molecular weight is 253 g/mol. The van der Waals surface area contributed by atoms with E-state index in [4.69, 9.17) is 0 Å². The molecule has 1 unspecified atom stereocenters. The molecule has 1 fully saturated rings. The summed E-state index contributed by atoms with van der Waals surface area (Å²) in [6.07, 6.45) is 1.01. The highest BCUT2D eigenvalue weighted by Crippen LogP contribution is 2.19. The minimum atomic E-state index is -0.0698. The van der Waals surface area contributed by atoms with Crippen LogP contribution in [0.2, 0.25) is 0 Å². The first-order valence-electron chi connectivity index (χ1n) is 6.03. The van der Waals surface area contributed by atoms with Crippen molar-refractivity contribution in [3.8, 4) is 0 Å². The van der Waals surface area contributed by atoms with E-state index in [-0.39, 0.29) is 11.9 Å². The van der Waals surface area contributed by atoms with E-state index in [1.165, 1.54) is 4.88 Å². The Morgan fingerprint density at radius 3 is 2.94 bits per heavy atom. The topological polar surface area (TPSA) is 45.2 Å². The second kappa shape index (κ2) is 5.14. The maximum absolute atomic E-state index is 12.1. The molecule has 0 spiro atoms. The van der Waals surface area contributed by atoms with Crippen molar-refractivity contribution in [2.75, 3.05) is 13.1 Å². The average Bonchev–Trinajstić information content (AvgIpc) is 2.52. The normalized spacial score (nSPS) is 21.7. The number of amides is 1. The van der Waals surface area contributed by atoms with Gasteiger partial charge in [0.25, 0.3) is 0 Å². The fraction of sp³-hybridized carbons (Fsp3) is 0.667. The van der Waals surface area contributed by atoms with E-state index in [2.05, 4.69) is 17.2 Å². The van der Waals surface area contributed by atoms with Crippen molar-refractivity contribution < 1.29 is 4.79 Å². The van der Waals surface area contributed by atoms with Gasteiger partial charge in [-0.3, -0.25) is 4.79 Å². The standard InChI is InChI=1S/C12H19N3OS/c1-8-10(3)17-11(14-8)7-15-6-4-5-13-9(2)12(15)16/h9,13H,4-7H2,1-3H3. The zero-order valence-corrected chi connectivity index (χ0v) is 11.4. The number of carbonyl (C=O) groups excluding carboxylic acids is 1. The molecule has 0 saturated carbocycles. The van der Waals surface area contributed by atoms with Gasteiger partial charge >= 0.3 is 0 Å². The number of hydrogen-bond acceptors (Lipinski definition) is 4. The summed E-state index contributed by atoms with van der Waals surface area (Å²) < 4.78 is 0. The van der Waals surface area contributed by atoms with Crippen LogP contribution in [0.3, 0.4) is 0 Å². The van der Waals surface area contributed by atoms with Gasteiger partial charge < -0.3 is 10.2 Å². The minimum Gasteiger partial charge on any atom is -0.335 e. The number of aromatic nitrogens is 1. The van der Waals surface area contributed by atoms with Crippen LogP contribution >= 0.6 is 11.3 Å². The lowest BCUT2D eigenvalue weighted by Crippen LogP contribution is -2.41. The number of nitrogens with zero attached hydrogens (tertiary/aromatic N) is 2. The van der Waals surface area contributed by atoms with E-state index < -0.39 is 0 Å². The lowest BCUT2D eigenvalue weighted by molar-refractivity contribution is -0.132. The second-order valence-electron chi connectivity index (χ2n) is 4.54. The van der Waals surface area contributed by atoms with Crippen LogP contribution < -0.4 is 5.32 Å². The zero-order valence-electron chi connectivity index (χ0n) is 10.6. The van der Waals surface area contributed by atoms with Gasteiger partial charge in [0.05, 0.1) is 18.3 Å². The molecule has 0 radical (unpaired) electrons. The predicted molar refractivity (Wildman–Crippen MR) is 69.1 cm³/mol. The third kappa shape index (κ3) is 2.84. The Kier molecular flexibility index (Phi) is 3.79. The molecular weight excluding hydrogens is 234 g/mol. The molecule has 1 aliphatic heterocycles. The van der Waals surface area contributed by atoms with Crippen molar-refractivity contribution in [1.29, 1.82) is 0 Å². The lowest BCUT2D eigenvalue weighted by Gasteiger charge is -2.21. The van der Waals surface area contributed by atoms with Gasteiger partial charge in [0, 0.05) is 11.4 Å². The fourth-order valence-corrected chi connectivity index (χ4v) is 2.94. The summed E-state index contributed by atoms with van der Waals surface area (Å²) in [6, 6.07) is -0.0698. The Bertz CT molecular complexity index is 396. The Balaban J connectivity index is 2.08. The van der Waals surface area contributed by atoms with E-state index in [9.17, 15) is 4.79 Å². The molecule has 0 aromatic carbocycles. The molecule has 94 valence electrons. The quantitative estimate of drug-likeness (QED) is 0.868. The van der Waals surface area contributed by atoms with Crippen molar-refractivity contribution >= 4 is 17.2 Å². The van der Waals surface area contributed by atoms with Gasteiger partial charge in [-0.05, 0) is 33.7 Å². The van der Waals surface area contributed by atoms with E-state index in [1.54, 1.807) is 11.3 Å². The van der Waals surface area contributed by atoms with Gasteiger partial charge in [0.1, 0.15) is 5.01 Å². The largest absolute Gasteiger partial charge is 0.335 e. The van der Waals surface area contributed by atoms with Crippen LogP contribution in [-0.4, -0.2) is 34.9 Å². The summed E-state index contributed by atoms with van der Waals surface area (Å²) in [6.45, 7) is 8.42. The van der Waals surface area contributed by atoms with Gasteiger partial charge in [0.15, 0.2) is 0 Å². The molecule has 5 heteroatoms. The number of aryl methyl sites for hydroxylation is 2. The van der Waals surface area contributed by atoms with Crippen molar-refractivity contribution in [2.24, 2.45) is 0 Å². The zero-order chi connectivity index (χ0) is 12.4. The molecule has 2 rings (SSSR count). The first kappa shape index (κ1) is 12.5. The van der Waals surface area contributed by atoms with Gasteiger partial charge in [0.2, 0.25) is 5.91 Å². The molecule has 1 atom stereocenters. The molecule has 1 aromatic heterocycles. The lowest BCUT2D eigenvalue weighted by atomic mass is 10.3. The highest BCUT2D eigenvalue weighted by atomic mass is 32.1. The molecule has 2 heterocycles. The number of nitrogens with one attached hydrogen (secondary N) is 1. The Labute approximate surface area is 106 Å². The van der Waals surface area contributed by atoms with Crippen LogP contribution in [-0.2, 0) is 11.3 Å². The van der Waals surface area contributed by atoms with Crippen LogP contribution in [0.15, 0.2) is 0 Å². The van der Waals surface area contributed by atoms with E-state index >= 15 is 0 Å². The van der Waals surface area contributed by atoms with E-state index in [0.717, 1.165) is 30.2 Å². The SMILES string of the molecule is Cc1nc(CN2CCCNC(C)C2=O)sc1C. The summed E-state index contributed by atoms with van der Waals surface area (Å²) in [5.41, 5.74) is 1.08. The van der Waals surface area contributed by atoms with Crippen LogP contribution in [0.4, 0.5) is 0 Å². The molecule has 1 aliphatic rings. The monoisotopic (exact) mass is 253 g/mol. The maximum atomic E-state index is 12.1.